The fourth-order valence-electron chi connectivity index (χ4n) is 3.21. The van der Waals surface area contributed by atoms with Crippen LogP contribution in [0.5, 0.6) is 11.5 Å². The molecule has 0 saturated carbocycles. The molecule has 0 aromatic heterocycles. The van der Waals surface area contributed by atoms with Crippen molar-refractivity contribution in [1.82, 2.24) is 4.90 Å². The van der Waals surface area contributed by atoms with E-state index in [1.165, 1.54) is 30.3 Å². The summed E-state index contributed by atoms with van der Waals surface area (Å²) in [6.07, 6.45) is 0. The second-order valence-corrected chi connectivity index (χ2v) is 6.29. The van der Waals surface area contributed by atoms with Gasteiger partial charge in [0.2, 0.25) is 11.7 Å². The van der Waals surface area contributed by atoms with Crippen molar-refractivity contribution in [1.29, 1.82) is 0 Å². The second-order valence-electron chi connectivity index (χ2n) is 6.29. The van der Waals surface area contributed by atoms with E-state index in [4.69, 9.17) is 0 Å². The number of fused-ring (bicyclic) bond motifs is 2. The van der Waals surface area contributed by atoms with E-state index in [-0.39, 0.29) is 46.1 Å². The average molecular weight is 368 g/mol. The number of aromatic hydroxyl groups is 2. The van der Waals surface area contributed by atoms with Crippen molar-refractivity contribution < 1.29 is 24.6 Å². The molecule has 140 valence electrons. The van der Waals surface area contributed by atoms with Crippen molar-refractivity contribution in [2.75, 3.05) is 25.0 Å². The molecule has 0 fully saturated rings. The summed E-state index contributed by atoms with van der Waals surface area (Å²) >= 11 is 0. The highest BCUT2D eigenvalue weighted by molar-refractivity contribution is 6.30. The summed E-state index contributed by atoms with van der Waals surface area (Å²) in [6.45, 7) is 5.49. The van der Waals surface area contributed by atoms with Crippen LogP contribution in [-0.4, -0.2) is 52.2 Å². The van der Waals surface area contributed by atoms with Gasteiger partial charge < -0.3 is 15.5 Å². The van der Waals surface area contributed by atoms with Crippen molar-refractivity contribution in [2.24, 2.45) is 0 Å². The standard InChI is InChI=1S/C20H20N2O5/c1-3-22(4-2)10-16(25)21-11-8-13-18(15(24)9-11)20(27)17-12(19(13)26)6-5-7-14(17)23/h5-9,23-24H,3-4,10H2,1-2H3,(H,21,25). The van der Waals surface area contributed by atoms with Crippen LogP contribution in [0.15, 0.2) is 30.3 Å². The van der Waals surface area contributed by atoms with Crippen molar-refractivity contribution in [3.8, 4) is 11.5 Å². The number of carbonyl (C=O) groups is 3. The fourth-order valence-corrected chi connectivity index (χ4v) is 3.21. The van der Waals surface area contributed by atoms with Gasteiger partial charge in [-0.3, -0.25) is 19.3 Å². The molecule has 0 radical (unpaired) electrons. The Morgan fingerprint density at radius 3 is 2.30 bits per heavy atom. The minimum atomic E-state index is -0.629. The SMILES string of the molecule is CCN(CC)CC(=O)Nc1cc(O)c2c(c1)C(=O)c1cccc(O)c1C2=O. The normalized spacial score (nSPS) is 12.7. The molecule has 0 atom stereocenters. The largest absolute Gasteiger partial charge is 0.507 e. The summed E-state index contributed by atoms with van der Waals surface area (Å²) in [5.74, 6) is -2.14. The van der Waals surface area contributed by atoms with E-state index in [1.807, 2.05) is 18.7 Å². The van der Waals surface area contributed by atoms with Gasteiger partial charge in [0.1, 0.15) is 11.5 Å². The summed E-state index contributed by atoms with van der Waals surface area (Å²) in [5.41, 5.74) is 0.00211. The smallest absolute Gasteiger partial charge is 0.238 e. The maximum atomic E-state index is 12.8. The van der Waals surface area contributed by atoms with Gasteiger partial charge >= 0.3 is 0 Å². The molecule has 3 N–H and O–H groups in total. The number of carbonyl (C=O) groups excluding carboxylic acids is 3. The zero-order chi connectivity index (χ0) is 19.7. The highest BCUT2D eigenvalue weighted by Crippen LogP contribution is 2.38. The minimum absolute atomic E-state index is 0.00348. The Morgan fingerprint density at radius 1 is 0.963 bits per heavy atom. The quantitative estimate of drug-likeness (QED) is 0.637. The zero-order valence-corrected chi connectivity index (χ0v) is 15.1. The Labute approximate surface area is 156 Å². The van der Waals surface area contributed by atoms with Gasteiger partial charge in [-0.1, -0.05) is 26.0 Å². The molecule has 0 spiro atoms. The number of hydrogen-bond donors (Lipinski definition) is 3. The molecule has 0 unspecified atom stereocenters. The summed E-state index contributed by atoms with van der Waals surface area (Å²) in [5, 5.41) is 22.9. The molecule has 0 saturated heterocycles. The molecule has 0 bridgehead atoms. The van der Waals surface area contributed by atoms with Gasteiger partial charge in [0.05, 0.1) is 17.7 Å². The molecule has 1 aliphatic rings. The summed E-state index contributed by atoms with van der Waals surface area (Å²) in [7, 11) is 0. The van der Waals surface area contributed by atoms with E-state index in [9.17, 15) is 24.6 Å². The number of phenolic OH excluding ortho intramolecular Hbond substituents is 2. The van der Waals surface area contributed by atoms with E-state index in [1.54, 1.807) is 0 Å². The molecular formula is C20H20N2O5. The van der Waals surface area contributed by atoms with Crippen molar-refractivity contribution in [3.05, 3.63) is 52.6 Å². The second kappa shape index (κ2) is 7.20. The van der Waals surface area contributed by atoms with Gasteiger partial charge in [-0.2, -0.15) is 0 Å². The van der Waals surface area contributed by atoms with Crippen molar-refractivity contribution in [3.63, 3.8) is 0 Å². The lowest BCUT2D eigenvalue weighted by molar-refractivity contribution is -0.117. The van der Waals surface area contributed by atoms with Crippen LogP contribution < -0.4 is 5.32 Å². The Morgan fingerprint density at radius 2 is 1.63 bits per heavy atom. The van der Waals surface area contributed by atoms with Gasteiger partial charge in [0.15, 0.2) is 5.78 Å². The number of hydrogen-bond acceptors (Lipinski definition) is 6. The number of likely N-dealkylation sites (N-methyl/N-ethyl adjacent to an activating group) is 1. The van der Waals surface area contributed by atoms with Crippen LogP contribution in [-0.2, 0) is 4.79 Å². The lowest BCUT2D eigenvalue weighted by atomic mass is 9.83. The molecule has 0 aliphatic heterocycles. The number of nitrogens with zero attached hydrogens (tertiary/aromatic N) is 1. The van der Waals surface area contributed by atoms with E-state index < -0.39 is 17.3 Å². The van der Waals surface area contributed by atoms with Crippen LogP contribution in [0.25, 0.3) is 0 Å². The fraction of sp³-hybridized carbons (Fsp3) is 0.250. The predicted molar refractivity (Wildman–Crippen MR) is 99.5 cm³/mol. The maximum Gasteiger partial charge on any atom is 0.238 e. The first kappa shape index (κ1) is 18.6. The van der Waals surface area contributed by atoms with E-state index in [0.717, 1.165) is 0 Å². The molecule has 1 amide bonds. The van der Waals surface area contributed by atoms with E-state index in [0.29, 0.717) is 13.1 Å². The Bertz CT molecular complexity index is 948. The molecule has 0 heterocycles. The molecule has 27 heavy (non-hydrogen) atoms. The minimum Gasteiger partial charge on any atom is -0.507 e. The van der Waals surface area contributed by atoms with Gasteiger partial charge in [0.25, 0.3) is 0 Å². The zero-order valence-electron chi connectivity index (χ0n) is 15.1. The summed E-state index contributed by atoms with van der Waals surface area (Å²) < 4.78 is 0. The number of anilines is 1. The first-order chi connectivity index (χ1) is 12.9. The highest BCUT2D eigenvalue weighted by atomic mass is 16.3. The molecule has 7 heteroatoms. The Balaban J connectivity index is 1.97. The third-order valence-corrected chi connectivity index (χ3v) is 4.65. The first-order valence-electron chi connectivity index (χ1n) is 8.67. The number of benzene rings is 2. The number of ketones is 2. The average Bonchev–Trinajstić information content (AvgIpc) is 2.63. The number of amides is 1. The van der Waals surface area contributed by atoms with Gasteiger partial charge in [0, 0.05) is 22.9 Å². The van der Waals surface area contributed by atoms with Crippen LogP contribution in [0.3, 0.4) is 0 Å². The third kappa shape index (κ3) is 3.29. The summed E-state index contributed by atoms with van der Waals surface area (Å²) in [4.78, 5) is 39.6. The van der Waals surface area contributed by atoms with Crippen LogP contribution in [0.2, 0.25) is 0 Å². The van der Waals surface area contributed by atoms with Crippen LogP contribution >= 0.6 is 0 Å². The monoisotopic (exact) mass is 368 g/mol. The lowest BCUT2D eigenvalue weighted by Crippen LogP contribution is -2.33. The topological polar surface area (TPSA) is 107 Å². The molecule has 3 rings (SSSR count). The molecule has 7 nitrogen and oxygen atoms in total. The van der Waals surface area contributed by atoms with Crippen LogP contribution in [0.4, 0.5) is 5.69 Å². The summed E-state index contributed by atoms with van der Waals surface area (Å²) in [6, 6.07) is 6.84. The van der Waals surface area contributed by atoms with Crippen molar-refractivity contribution in [2.45, 2.75) is 13.8 Å². The highest BCUT2D eigenvalue weighted by Gasteiger charge is 2.34. The van der Waals surface area contributed by atoms with Crippen LogP contribution in [0.1, 0.15) is 45.7 Å². The van der Waals surface area contributed by atoms with Gasteiger partial charge in [-0.25, -0.2) is 0 Å². The number of rotatable bonds is 5. The lowest BCUT2D eigenvalue weighted by Gasteiger charge is -2.21. The van der Waals surface area contributed by atoms with E-state index >= 15 is 0 Å². The van der Waals surface area contributed by atoms with Gasteiger partial charge in [-0.15, -0.1) is 0 Å². The molecule has 2 aromatic carbocycles. The molecular weight excluding hydrogens is 348 g/mol. The maximum absolute atomic E-state index is 12.8. The van der Waals surface area contributed by atoms with Crippen molar-refractivity contribution >= 4 is 23.2 Å². The molecule has 2 aromatic rings. The molecule has 1 aliphatic carbocycles. The third-order valence-electron chi connectivity index (χ3n) is 4.65. The van der Waals surface area contributed by atoms with Crippen LogP contribution in [0, 0.1) is 0 Å². The first-order valence-corrected chi connectivity index (χ1v) is 8.67. The number of nitrogens with one attached hydrogen (secondary N) is 1. The Kier molecular flexibility index (Phi) is 4.96. The predicted octanol–water partition coefficient (Wildman–Crippen LogP) is 2.15. The Hall–Kier alpha value is -3.19. The van der Waals surface area contributed by atoms with Gasteiger partial charge in [-0.05, 0) is 25.2 Å². The number of phenols is 2. The van der Waals surface area contributed by atoms with E-state index in [2.05, 4.69) is 5.32 Å².